The molecule has 0 unspecified atom stereocenters. The van der Waals surface area contributed by atoms with Gasteiger partial charge in [-0.2, -0.15) is 0 Å². The van der Waals surface area contributed by atoms with Crippen molar-refractivity contribution in [3.8, 4) is 0 Å². The highest BCUT2D eigenvalue weighted by Crippen LogP contribution is 2.31. The Morgan fingerprint density at radius 3 is 2.29 bits per heavy atom. The van der Waals surface area contributed by atoms with Crippen LogP contribution in [-0.4, -0.2) is 28.0 Å². The number of carbonyl (C=O) groups excluding carboxylic acids is 3. The fraction of sp³-hybridized carbons (Fsp3) is 0.0789. The molecule has 5 aromatic carbocycles. The van der Waals surface area contributed by atoms with Crippen molar-refractivity contribution in [2.24, 2.45) is 0 Å². The molecular weight excluding hydrogens is 663 g/mol. The quantitative estimate of drug-likeness (QED) is 0.0986. The van der Waals surface area contributed by atoms with Gasteiger partial charge >= 0.3 is 0 Å². The van der Waals surface area contributed by atoms with E-state index in [9.17, 15) is 14.4 Å². The van der Waals surface area contributed by atoms with E-state index in [-0.39, 0.29) is 17.4 Å². The second-order valence-electron chi connectivity index (χ2n) is 10.9. The molecule has 3 N–H and O–H groups in total. The summed E-state index contributed by atoms with van der Waals surface area (Å²) in [4.78, 5) is 40.2. The summed E-state index contributed by atoms with van der Waals surface area (Å²) in [5, 5.41) is 11.6. The lowest BCUT2D eigenvalue weighted by Crippen LogP contribution is -2.30. The summed E-state index contributed by atoms with van der Waals surface area (Å²) in [6, 6.07) is 34.8. The summed E-state index contributed by atoms with van der Waals surface area (Å²) >= 11 is 13.8. The third kappa shape index (κ3) is 7.58. The van der Waals surface area contributed by atoms with Gasteiger partial charge in [-0.25, -0.2) is 0 Å². The first-order chi connectivity index (χ1) is 23.3. The second-order valence-corrected chi connectivity index (χ2v) is 12.7. The molecule has 0 bridgehead atoms. The molecule has 6 aromatic rings. The monoisotopic (exact) mass is 692 g/mol. The van der Waals surface area contributed by atoms with E-state index in [1.54, 1.807) is 66.7 Å². The number of aryl methyl sites for hydroxylation is 1. The first-order valence-corrected chi connectivity index (χ1v) is 16.9. The number of anilines is 2. The molecule has 1 heterocycles. The van der Waals surface area contributed by atoms with Gasteiger partial charge < -0.3 is 20.5 Å². The van der Waals surface area contributed by atoms with Crippen LogP contribution in [0.2, 0.25) is 10.0 Å². The van der Waals surface area contributed by atoms with Crippen molar-refractivity contribution in [3.63, 3.8) is 0 Å². The van der Waals surface area contributed by atoms with Crippen molar-refractivity contribution in [3.05, 3.63) is 142 Å². The molecule has 0 saturated carbocycles. The van der Waals surface area contributed by atoms with Gasteiger partial charge in [-0.1, -0.05) is 71.7 Å². The van der Waals surface area contributed by atoms with Crippen LogP contribution in [0, 0.1) is 0 Å². The average Bonchev–Trinajstić information content (AvgIpc) is 3.41. The smallest absolute Gasteiger partial charge is 0.272 e. The molecule has 0 spiro atoms. The minimum absolute atomic E-state index is 0.00969. The highest BCUT2D eigenvalue weighted by Gasteiger charge is 2.17. The summed E-state index contributed by atoms with van der Waals surface area (Å²) in [6.45, 7) is 2.97. The average molecular weight is 694 g/mol. The van der Waals surface area contributed by atoms with Crippen LogP contribution in [-0.2, 0) is 16.1 Å². The maximum absolute atomic E-state index is 13.5. The maximum Gasteiger partial charge on any atom is 0.272 e. The molecule has 3 amide bonds. The van der Waals surface area contributed by atoms with Crippen LogP contribution in [0.4, 0.5) is 11.4 Å². The molecule has 48 heavy (non-hydrogen) atoms. The highest BCUT2D eigenvalue weighted by molar-refractivity contribution is 8.00. The van der Waals surface area contributed by atoms with E-state index in [4.69, 9.17) is 23.2 Å². The number of nitrogens with zero attached hydrogens (tertiary/aromatic N) is 1. The number of rotatable bonds is 10. The molecule has 10 heteroatoms. The molecule has 0 radical (unpaired) electrons. The minimum atomic E-state index is -0.551. The molecule has 1 aromatic heterocycles. The Kier molecular flexibility index (Phi) is 10.2. The lowest BCUT2D eigenvalue weighted by atomic mass is 10.1. The summed E-state index contributed by atoms with van der Waals surface area (Å²) in [5.74, 6) is -0.987. The van der Waals surface area contributed by atoms with E-state index in [2.05, 4.69) is 39.6 Å². The van der Waals surface area contributed by atoms with Crippen LogP contribution in [0.25, 0.3) is 27.9 Å². The fourth-order valence-corrected chi connectivity index (χ4v) is 6.61. The van der Waals surface area contributed by atoms with Crippen molar-refractivity contribution in [2.75, 3.05) is 16.4 Å². The number of hydrogen-bond acceptors (Lipinski definition) is 4. The van der Waals surface area contributed by atoms with E-state index >= 15 is 0 Å². The molecule has 0 atom stereocenters. The number of carbonyl (C=O) groups is 3. The van der Waals surface area contributed by atoms with E-state index in [1.165, 1.54) is 17.8 Å². The van der Waals surface area contributed by atoms with Gasteiger partial charge in [-0.15, -0.1) is 11.8 Å². The lowest BCUT2D eigenvalue weighted by molar-refractivity contribution is -0.114. The zero-order valence-corrected chi connectivity index (χ0v) is 28.1. The van der Waals surface area contributed by atoms with Crippen LogP contribution in [0.3, 0.4) is 0 Å². The predicted octanol–water partition coefficient (Wildman–Crippen LogP) is 9.26. The number of thioether (sulfide) groups is 1. The number of halogens is 2. The summed E-state index contributed by atoms with van der Waals surface area (Å²) in [5.41, 5.74) is 4.39. The Morgan fingerprint density at radius 1 is 0.750 bits per heavy atom. The molecule has 0 aliphatic carbocycles. The van der Waals surface area contributed by atoms with Crippen LogP contribution in [0.1, 0.15) is 22.8 Å². The SMILES string of the molecule is CCn1c2ccccc2c2cc(NC(=O)CSc3cccc(NC(=O)/C(=C\c4ccc(Cl)cc4Cl)NC(=O)c4ccccc4)c3)ccc21. The molecular formula is C38H30Cl2N4O3S. The van der Waals surface area contributed by atoms with Crippen molar-refractivity contribution in [2.45, 2.75) is 18.4 Å². The molecule has 0 aliphatic rings. The summed E-state index contributed by atoms with van der Waals surface area (Å²) in [6.07, 6.45) is 1.50. The van der Waals surface area contributed by atoms with Gasteiger partial charge in [0.15, 0.2) is 0 Å². The Morgan fingerprint density at radius 2 is 1.50 bits per heavy atom. The molecule has 6 rings (SSSR count). The number of fused-ring (bicyclic) bond motifs is 3. The van der Waals surface area contributed by atoms with Gasteiger partial charge in [0, 0.05) is 60.2 Å². The molecule has 0 saturated heterocycles. The van der Waals surface area contributed by atoms with Gasteiger partial charge in [0.2, 0.25) is 5.91 Å². The van der Waals surface area contributed by atoms with E-state index in [0.717, 1.165) is 38.9 Å². The third-order valence-corrected chi connectivity index (χ3v) is 9.18. The first kappa shape index (κ1) is 32.9. The fourth-order valence-electron chi connectivity index (χ4n) is 5.40. The van der Waals surface area contributed by atoms with E-state index < -0.39 is 11.8 Å². The standard InChI is InChI=1S/C38H30Cl2N4O3S/c1-2-44-34-14-7-6-13-30(34)31-22-28(17-18-35(31)44)41-36(45)23-48-29-12-8-11-27(21-29)42-38(47)33(19-25-15-16-26(39)20-32(25)40)43-37(46)24-9-4-3-5-10-24/h3-22H,2,23H2,1H3,(H,41,45)(H,42,47)(H,43,46)/b33-19+. The van der Waals surface area contributed by atoms with Crippen molar-refractivity contribution in [1.82, 2.24) is 9.88 Å². The van der Waals surface area contributed by atoms with Crippen LogP contribution < -0.4 is 16.0 Å². The Hall–Kier alpha value is -5.02. The van der Waals surface area contributed by atoms with Crippen LogP contribution in [0.15, 0.2) is 126 Å². The normalized spacial score (nSPS) is 11.4. The first-order valence-electron chi connectivity index (χ1n) is 15.2. The maximum atomic E-state index is 13.5. The van der Waals surface area contributed by atoms with Crippen molar-refractivity contribution >= 4 is 91.9 Å². The molecule has 240 valence electrons. The van der Waals surface area contributed by atoms with Crippen LogP contribution >= 0.6 is 35.0 Å². The van der Waals surface area contributed by atoms with Crippen molar-refractivity contribution in [1.29, 1.82) is 0 Å². The van der Waals surface area contributed by atoms with E-state index in [0.29, 0.717) is 26.9 Å². The Labute approximate surface area is 291 Å². The second kappa shape index (κ2) is 14.8. The number of para-hydroxylation sites is 1. The Bertz CT molecular complexity index is 2200. The minimum Gasteiger partial charge on any atom is -0.341 e. The Balaban J connectivity index is 1.14. The van der Waals surface area contributed by atoms with Gasteiger partial charge in [0.1, 0.15) is 5.70 Å². The van der Waals surface area contributed by atoms with Gasteiger partial charge in [0.25, 0.3) is 11.8 Å². The summed E-state index contributed by atoms with van der Waals surface area (Å²) < 4.78 is 2.26. The number of amides is 3. The molecule has 0 fully saturated rings. The number of aromatic nitrogens is 1. The number of hydrogen-bond donors (Lipinski definition) is 3. The predicted molar refractivity (Wildman–Crippen MR) is 198 cm³/mol. The van der Waals surface area contributed by atoms with Gasteiger partial charge in [-0.05, 0) is 85.3 Å². The zero-order valence-electron chi connectivity index (χ0n) is 25.8. The molecule has 0 aliphatic heterocycles. The highest BCUT2D eigenvalue weighted by atomic mass is 35.5. The largest absolute Gasteiger partial charge is 0.341 e. The topological polar surface area (TPSA) is 92.2 Å². The van der Waals surface area contributed by atoms with E-state index in [1.807, 2.05) is 36.4 Å². The number of benzene rings is 5. The van der Waals surface area contributed by atoms with Crippen molar-refractivity contribution < 1.29 is 14.4 Å². The third-order valence-electron chi connectivity index (χ3n) is 7.63. The zero-order chi connectivity index (χ0) is 33.6. The van der Waals surface area contributed by atoms with Gasteiger partial charge in [-0.3, -0.25) is 14.4 Å². The lowest BCUT2D eigenvalue weighted by Gasteiger charge is -2.13. The van der Waals surface area contributed by atoms with Gasteiger partial charge in [0.05, 0.1) is 5.75 Å². The summed E-state index contributed by atoms with van der Waals surface area (Å²) in [7, 11) is 0. The van der Waals surface area contributed by atoms with Crippen LogP contribution in [0.5, 0.6) is 0 Å². The molecule has 7 nitrogen and oxygen atoms in total. The number of nitrogens with one attached hydrogen (secondary N) is 3.